The fourth-order valence-electron chi connectivity index (χ4n) is 3.77. The topological polar surface area (TPSA) is 109 Å². The number of piperazine rings is 1. The lowest BCUT2D eigenvalue weighted by molar-refractivity contribution is -0.132. The van der Waals surface area contributed by atoms with Gasteiger partial charge in [0.05, 0.1) is 10.9 Å². The minimum atomic E-state index is -3.76. The van der Waals surface area contributed by atoms with Crippen molar-refractivity contribution < 1.29 is 17.7 Å². The summed E-state index contributed by atoms with van der Waals surface area (Å²) in [5, 5.41) is 3.93. The van der Waals surface area contributed by atoms with Gasteiger partial charge >= 0.3 is 0 Å². The molecular formula is C23H27N5O4S. The molecule has 174 valence electrons. The van der Waals surface area contributed by atoms with E-state index in [4.69, 9.17) is 4.52 Å². The van der Waals surface area contributed by atoms with Gasteiger partial charge in [0, 0.05) is 44.4 Å². The minimum absolute atomic E-state index is 0.150. The van der Waals surface area contributed by atoms with E-state index < -0.39 is 16.1 Å². The summed E-state index contributed by atoms with van der Waals surface area (Å²) < 4.78 is 32.7. The third-order valence-electron chi connectivity index (χ3n) is 5.64. The highest BCUT2D eigenvalue weighted by Gasteiger charge is 2.28. The lowest BCUT2D eigenvalue weighted by atomic mass is 10.1. The van der Waals surface area contributed by atoms with E-state index in [9.17, 15) is 13.2 Å². The standard InChI is InChI=1S/C23H27N5O4S/c1-16-4-10-21(11-5-16)33(30,31)26-17(2)23(29)28-14-12-27(13-15-28)20-8-6-19(7-9-20)22-24-18(3)32-25-22/h4-11,17,26H,12-15H2,1-3H3/t17-/m0/s1. The van der Waals surface area contributed by atoms with Crippen molar-refractivity contribution >= 4 is 21.6 Å². The van der Waals surface area contributed by atoms with E-state index in [2.05, 4.69) is 19.8 Å². The van der Waals surface area contributed by atoms with Crippen molar-refractivity contribution in [1.29, 1.82) is 0 Å². The van der Waals surface area contributed by atoms with E-state index >= 15 is 0 Å². The SMILES string of the molecule is Cc1ccc(S(=O)(=O)N[C@@H](C)C(=O)N2CCN(c3ccc(-c4noc(C)n4)cc3)CC2)cc1. The van der Waals surface area contributed by atoms with Gasteiger partial charge in [-0.05, 0) is 50.2 Å². The number of aromatic nitrogens is 2. The maximum atomic E-state index is 12.9. The number of rotatable bonds is 6. The number of hydrogen-bond acceptors (Lipinski definition) is 7. The van der Waals surface area contributed by atoms with Crippen LogP contribution in [0.5, 0.6) is 0 Å². The summed E-state index contributed by atoms with van der Waals surface area (Å²) in [6.45, 7) is 7.56. The van der Waals surface area contributed by atoms with E-state index in [1.54, 1.807) is 43.0 Å². The third-order valence-corrected chi connectivity index (χ3v) is 7.20. The Morgan fingerprint density at radius 3 is 2.21 bits per heavy atom. The van der Waals surface area contributed by atoms with Gasteiger partial charge in [0.1, 0.15) is 0 Å². The van der Waals surface area contributed by atoms with Crippen molar-refractivity contribution in [2.45, 2.75) is 31.7 Å². The zero-order valence-electron chi connectivity index (χ0n) is 18.9. The molecule has 0 aliphatic carbocycles. The number of nitrogens with zero attached hydrogens (tertiary/aromatic N) is 4. The Bertz CT molecular complexity index is 1210. The molecule has 33 heavy (non-hydrogen) atoms. The number of aryl methyl sites for hydroxylation is 2. The molecule has 1 aliphatic heterocycles. The molecule has 2 heterocycles. The highest BCUT2D eigenvalue weighted by atomic mass is 32.2. The second-order valence-corrected chi connectivity index (χ2v) is 9.87. The molecule has 10 heteroatoms. The molecule has 1 saturated heterocycles. The van der Waals surface area contributed by atoms with Crippen LogP contribution in [-0.4, -0.2) is 61.6 Å². The monoisotopic (exact) mass is 469 g/mol. The van der Waals surface area contributed by atoms with E-state index in [-0.39, 0.29) is 10.8 Å². The molecule has 4 rings (SSSR count). The number of carbonyl (C=O) groups is 1. The van der Waals surface area contributed by atoms with Crippen LogP contribution in [0.1, 0.15) is 18.4 Å². The van der Waals surface area contributed by atoms with Crippen molar-refractivity contribution in [3.8, 4) is 11.4 Å². The van der Waals surface area contributed by atoms with E-state index in [0.717, 1.165) is 16.8 Å². The molecule has 2 aromatic carbocycles. The number of benzene rings is 2. The van der Waals surface area contributed by atoms with Crippen LogP contribution in [0.4, 0.5) is 5.69 Å². The molecule has 0 saturated carbocycles. The van der Waals surface area contributed by atoms with Crippen LogP contribution in [0.15, 0.2) is 57.9 Å². The Balaban J connectivity index is 1.33. The molecule has 0 radical (unpaired) electrons. The van der Waals surface area contributed by atoms with Gasteiger partial charge in [-0.2, -0.15) is 9.71 Å². The van der Waals surface area contributed by atoms with Crippen molar-refractivity contribution in [3.05, 3.63) is 60.0 Å². The number of nitrogens with one attached hydrogen (secondary N) is 1. The summed E-state index contributed by atoms with van der Waals surface area (Å²) in [6, 6.07) is 13.6. The van der Waals surface area contributed by atoms with Crippen LogP contribution >= 0.6 is 0 Å². The number of amides is 1. The van der Waals surface area contributed by atoms with Crippen molar-refractivity contribution in [2.24, 2.45) is 0 Å². The predicted molar refractivity (Wildman–Crippen MR) is 124 cm³/mol. The maximum absolute atomic E-state index is 12.9. The van der Waals surface area contributed by atoms with Crippen LogP contribution in [0.2, 0.25) is 0 Å². The fraction of sp³-hybridized carbons (Fsp3) is 0.348. The zero-order chi connectivity index (χ0) is 23.6. The fourth-order valence-corrected chi connectivity index (χ4v) is 4.96. The Morgan fingerprint density at radius 1 is 1.00 bits per heavy atom. The summed E-state index contributed by atoms with van der Waals surface area (Å²) in [5.41, 5.74) is 2.88. The summed E-state index contributed by atoms with van der Waals surface area (Å²) in [7, 11) is -3.76. The molecule has 1 N–H and O–H groups in total. The zero-order valence-corrected chi connectivity index (χ0v) is 19.7. The van der Waals surface area contributed by atoms with E-state index in [0.29, 0.717) is 37.9 Å². The Morgan fingerprint density at radius 2 is 1.64 bits per heavy atom. The maximum Gasteiger partial charge on any atom is 0.241 e. The summed E-state index contributed by atoms with van der Waals surface area (Å²) in [6.07, 6.45) is 0. The van der Waals surface area contributed by atoms with Crippen LogP contribution in [0.25, 0.3) is 11.4 Å². The van der Waals surface area contributed by atoms with Gasteiger partial charge < -0.3 is 14.3 Å². The first-order valence-corrected chi connectivity index (χ1v) is 12.2. The number of carbonyl (C=O) groups excluding carboxylic acids is 1. The molecule has 1 aromatic heterocycles. The van der Waals surface area contributed by atoms with E-state index in [1.807, 2.05) is 31.2 Å². The molecule has 0 spiro atoms. The lowest BCUT2D eigenvalue weighted by Crippen LogP contribution is -2.54. The lowest BCUT2D eigenvalue weighted by Gasteiger charge is -2.37. The highest BCUT2D eigenvalue weighted by molar-refractivity contribution is 7.89. The molecule has 9 nitrogen and oxygen atoms in total. The minimum Gasteiger partial charge on any atom is -0.368 e. The van der Waals surface area contributed by atoms with Crippen LogP contribution in [-0.2, 0) is 14.8 Å². The quantitative estimate of drug-likeness (QED) is 0.590. The Labute approximate surface area is 193 Å². The normalized spacial score (nSPS) is 15.5. The van der Waals surface area contributed by atoms with Gasteiger partial charge in [-0.25, -0.2) is 8.42 Å². The number of anilines is 1. The van der Waals surface area contributed by atoms with Gasteiger partial charge in [0.2, 0.25) is 27.6 Å². The Hall–Kier alpha value is -3.24. The first-order valence-electron chi connectivity index (χ1n) is 10.8. The molecule has 1 fully saturated rings. The largest absolute Gasteiger partial charge is 0.368 e. The van der Waals surface area contributed by atoms with Gasteiger partial charge in [-0.3, -0.25) is 4.79 Å². The first-order chi connectivity index (χ1) is 15.7. The average Bonchev–Trinajstić information content (AvgIpc) is 3.25. The number of sulfonamides is 1. The van der Waals surface area contributed by atoms with Crippen molar-refractivity contribution in [2.75, 3.05) is 31.1 Å². The smallest absolute Gasteiger partial charge is 0.241 e. The molecule has 1 aliphatic rings. The third kappa shape index (κ3) is 5.23. The summed E-state index contributed by atoms with van der Waals surface area (Å²) in [4.78, 5) is 21.1. The van der Waals surface area contributed by atoms with Gasteiger partial charge in [-0.15, -0.1) is 0 Å². The summed E-state index contributed by atoms with van der Waals surface area (Å²) in [5.74, 6) is 0.843. The van der Waals surface area contributed by atoms with Crippen molar-refractivity contribution in [1.82, 2.24) is 19.8 Å². The molecule has 3 aromatic rings. The average molecular weight is 470 g/mol. The summed E-state index contributed by atoms with van der Waals surface area (Å²) >= 11 is 0. The first kappa shape index (κ1) is 22.9. The van der Waals surface area contributed by atoms with Gasteiger partial charge in [-0.1, -0.05) is 22.9 Å². The highest BCUT2D eigenvalue weighted by Crippen LogP contribution is 2.22. The van der Waals surface area contributed by atoms with Gasteiger partial charge in [0.25, 0.3) is 0 Å². The predicted octanol–water partition coefficient (Wildman–Crippen LogP) is 2.37. The molecule has 1 amide bonds. The van der Waals surface area contributed by atoms with E-state index in [1.165, 1.54) is 0 Å². The molecular weight excluding hydrogens is 442 g/mol. The second kappa shape index (κ2) is 9.32. The van der Waals surface area contributed by atoms with Crippen LogP contribution in [0.3, 0.4) is 0 Å². The Kier molecular flexibility index (Phi) is 6.48. The second-order valence-electron chi connectivity index (χ2n) is 8.15. The molecule has 0 unspecified atom stereocenters. The van der Waals surface area contributed by atoms with Crippen LogP contribution < -0.4 is 9.62 Å². The van der Waals surface area contributed by atoms with Gasteiger partial charge in [0.15, 0.2) is 0 Å². The van der Waals surface area contributed by atoms with Crippen molar-refractivity contribution in [3.63, 3.8) is 0 Å². The number of hydrogen-bond donors (Lipinski definition) is 1. The molecule has 1 atom stereocenters. The molecule has 0 bridgehead atoms. The van der Waals surface area contributed by atoms with Crippen LogP contribution in [0, 0.1) is 13.8 Å².